The van der Waals surface area contributed by atoms with Gasteiger partial charge in [-0.3, -0.25) is 9.59 Å². The van der Waals surface area contributed by atoms with Crippen LogP contribution < -0.4 is 4.74 Å². The molecule has 0 bridgehead atoms. The highest BCUT2D eigenvalue weighted by Gasteiger charge is 2.92. The van der Waals surface area contributed by atoms with Crippen molar-refractivity contribution in [3.05, 3.63) is 29.8 Å². The van der Waals surface area contributed by atoms with Crippen molar-refractivity contribution in [2.45, 2.75) is 19.3 Å². The lowest BCUT2D eigenvalue weighted by atomic mass is 9.90. The molecule has 0 aromatic heterocycles. The molecule has 2 unspecified atom stereocenters. The van der Waals surface area contributed by atoms with Gasteiger partial charge in [-0.05, 0) is 37.5 Å². The monoisotopic (exact) mass is 304 g/mol. The van der Waals surface area contributed by atoms with Crippen molar-refractivity contribution in [2.24, 2.45) is 17.8 Å². The fourth-order valence-corrected chi connectivity index (χ4v) is 3.72. The minimum atomic E-state index is -0.426. The Balaban J connectivity index is 1.84. The number of esters is 2. The Kier molecular flexibility index (Phi) is 3.59. The lowest BCUT2D eigenvalue weighted by molar-refractivity contribution is -0.151. The second kappa shape index (κ2) is 5.30. The standard InChI is InChI=1S/C17H20O5/c1-4-21-15(18)13-12-14(16(19)22-5-2)17(12,13)10-6-8-11(20-3)9-7-10/h6-9,12-14H,4-5H2,1-3H3. The fraction of sp³-hybridized carbons (Fsp3) is 0.529. The third-order valence-electron chi connectivity index (χ3n) is 4.75. The number of rotatable bonds is 6. The number of methoxy groups -OCH3 is 1. The SMILES string of the molecule is CCOC(=O)C1C2C(C(=O)OCC)C12c1ccc(OC)cc1. The summed E-state index contributed by atoms with van der Waals surface area (Å²) in [5, 5.41) is 0. The van der Waals surface area contributed by atoms with E-state index in [-0.39, 0.29) is 29.7 Å². The zero-order valence-corrected chi connectivity index (χ0v) is 13.0. The van der Waals surface area contributed by atoms with Crippen LogP contribution in [0, 0.1) is 17.8 Å². The number of carbonyl (C=O) groups excluding carboxylic acids is 2. The normalized spacial score (nSPS) is 31.0. The Labute approximate surface area is 129 Å². The van der Waals surface area contributed by atoms with Gasteiger partial charge in [-0.1, -0.05) is 12.1 Å². The molecule has 3 rings (SSSR count). The molecule has 0 amide bonds. The molecule has 2 fully saturated rings. The van der Waals surface area contributed by atoms with E-state index in [2.05, 4.69) is 0 Å². The summed E-state index contributed by atoms with van der Waals surface area (Å²) in [6.45, 7) is 4.28. The summed E-state index contributed by atoms with van der Waals surface area (Å²) in [6.07, 6.45) is 0. The van der Waals surface area contributed by atoms with Crippen LogP contribution in [-0.2, 0) is 24.5 Å². The summed E-state index contributed by atoms with van der Waals surface area (Å²) in [4.78, 5) is 24.1. The first-order valence-corrected chi connectivity index (χ1v) is 7.60. The van der Waals surface area contributed by atoms with Gasteiger partial charge in [0.05, 0.1) is 32.2 Å². The molecule has 2 saturated carbocycles. The van der Waals surface area contributed by atoms with Crippen molar-refractivity contribution >= 4 is 11.9 Å². The molecule has 5 heteroatoms. The second-order valence-electron chi connectivity index (χ2n) is 5.65. The van der Waals surface area contributed by atoms with Gasteiger partial charge in [0.1, 0.15) is 5.75 Å². The minimum absolute atomic E-state index is 0.0130. The molecule has 2 aliphatic carbocycles. The zero-order chi connectivity index (χ0) is 15.9. The van der Waals surface area contributed by atoms with Gasteiger partial charge < -0.3 is 14.2 Å². The van der Waals surface area contributed by atoms with Crippen LogP contribution in [0.15, 0.2) is 24.3 Å². The van der Waals surface area contributed by atoms with Gasteiger partial charge in [-0.15, -0.1) is 0 Å². The Bertz CT molecular complexity index is 566. The highest BCUT2D eigenvalue weighted by Crippen LogP contribution is 2.84. The topological polar surface area (TPSA) is 61.8 Å². The summed E-state index contributed by atoms with van der Waals surface area (Å²) in [6, 6.07) is 7.54. The van der Waals surface area contributed by atoms with Crippen molar-refractivity contribution in [2.75, 3.05) is 20.3 Å². The molecular weight excluding hydrogens is 284 g/mol. The van der Waals surface area contributed by atoms with E-state index in [0.717, 1.165) is 11.3 Å². The van der Waals surface area contributed by atoms with Crippen molar-refractivity contribution in [1.82, 2.24) is 0 Å². The van der Waals surface area contributed by atoms with Crippen LogP contribution in [0.1, 0.15) is 19.4 Å². The number of benzene rings is 1. The van der Waals surface area contributed by atoms with Crippen LogP contribution in [0.2, 0.25) is 0 Å². The van der Waals surface area contributed by atoms with Gasteiger partial charge in [-0.25, -0.2) is 0 Å². The van der Waals surface area contributed by atoms with E-state index in [9.17, 15) is 9.59 Å². The summed E-state index contributed by atoms with van der Waals surface area (Å²) in [7, 11) is 1.60. The van der Waals surface area contributed by atoms with Gasteiger partial charge in [0.15, 0.2) is 0 Å². The van der Waals surface area contributed by atoms with Crippen LogP contribution in [-0.4, -0.2) is 32.3 Å². The summed E-state index contributed by atoms with van der Waals surface area (Å²) in [5.74, 6) is -0.129. The van der Waals surface area contributed by atoms with Gasteiger partial charge in [0.2, 0.25) is 0 Å². The molecule has 1 aromatic rings. The molecule has 1 aromatic carbocycles. The molecule has 0 saturated heterocycles. The average molecular weight is 304 g/mol. The number of carbonyl (C=O) groups is 2. The van der Waals surface area contributed by atoms with Crippen LogP contribution in [0.25, 0.3) is 0 Å². The van der Waals surface area contributed by atoms with Gasteiger partial charge >= 0.3 is 11.9 Å². The van der Waals surface area contributed by atoms with Gasteiger partial charge in [0.25, 0.3) is 0 Å². The highest BCUT2D eigenvalue weighted by molar-refractivity contribution is 5.94. The maximum Gasteiger partial charge on any atom is 0.310 e. The van der Waals surface area contributed by atoms with Crippen molar-refractivity contribution in [3.63, 3.8) is 0 Å². The molecule has 0 radical (unpaired) electrons. The lowest BCUT2D eigenvalue weighted by Crippen LogP contribution is -2.28. The largest absolute Gasteiger partial charge is 0.497 e. The lowest BCUT2D eigenvalue weighted by Gasteiger charge is -2.18. The Hall–Kier alpha value is -2.04. The van der Waals surface area contributed by atoms with Gasteiger partial charge in [-0.2, -0.15) is 0 Å². The maximum absolute atomic E-state index is 12.1. The number of ether oxygens (including phenoxy) is 3. The molecular formula is C17H20O5. The maximum atomic E-state index is 12.1. The van der Waals surface area contributed by atoms with Crippen molar-refractivity contribution < 1.29 is 23.8 Å². The quantitative estimate of drug-likeness (QED) is 0.752. The van der Waals surface area contributed by atoms with Crippen molar-refractivity contribution in [3.8, 4) is 5.75 Å². The number of hydrogen-bond acceptors (Lipinski definition) is 5. The summed E-state index contributed by atoms with van der Waals surface area (Å²) < 4.78 is 15.4. The third kappa shape index (κ3) is 1.91. The molecule has 0 heterocycles. The summed E-state index contributed by atoms with van der Waals surface area (Å²) >= 11 is 0. The van der Waals surface area contributed by atoms with Crippen LogP contribution in [0.4, 0.5) is 0 Å². The number of hydrogen-bond donors (Lipinski definition) is 0. The fourth-order valence-electron chi connectivity index (χ4n) is 3.72. The first-order chi connectivity index (χ1) is 10.6. The predicted octanol–water partition coefficient (Wildman–Crippen LogP) is 1.93. The molecule has 118 valence electrons. The van der Waals surface area contributed by atoms with E-state index in [4.69, 9.17) is 14.2 Å². The van der Waals surface area contributed by atoms with Crippen LogP contribution >= 0.6 is 0 Å². The summed E-state index contributed by atoms with van der Waals surface area (Å²) in [5.41, 5.74) is 0.555. The Morgan fingerprint density at radius 3 is 1.91 bits per heavy atom. The first-order valence-electron chi connectivity index (χ1n) is 7.60. The second-order valence-corrected chi connectivity index (χ2v) is 5.65. The van der Waals surface area contributed by atoms with E-state index < -0.39 is 5.41 Å². The molecule has 0 N–H and O–H groups in total. The molecule has 5 nitrogen and oxygen atoms in total. The van der Waals surface area contributed by atoms with Crippen molar-refractivity contribution in [1.29, 1.82) is 0 Å². The van der Waals surface area contributed by atoms with E-state index in [1.165, 1.54) is 0 Å². The smallest absolute Gasteiger partial charge is 0.310 e. The Morgan fingerprint density at radius 2 is 1.50 bits per heavy atom. The highest BCUT2D eigenvalue weighted by atomic mass is 16.5. The molecule has 0 aliphatic heterocycles. The third-order valence-corrected chi connectivity index (χ3v) is 4.75. The van der Waals surface area contributed by atoms with E-state index in [1.54, 1.807) is 21.0 Å². The van der Waals surface area contributed by atoms with Gasteiger partial charge in [0, 0.05) is 5.41 Å². The van der Waals surface area contributed by atoms with Crippen LogP contribution in [0.3, 0.4) is 0 Å². The molecule has 2 atom stereocenters. The van der Waals surface area contributed by atoms with E-state index in [0.29, 0.717) is 13.2 Å². The minimum Gasteiger partial charge on any atom is -0.497 e. The van der Waals surface area contributed by atoms with Crippen LogP contribution in [0.5, 0.6) is 5.75 Å². The average Bonchev–Trinajstić information content (AvgIpc) is 3.36. The molecule has 2 aliphatic rings. The number of fused-ring (bicyclic) bond motifs is 1. The first kappa shape index (κ1) is 14.9. The predicted molar refractivity (Wildman–Crippen MR) is 78.4 cm³/mol. The Morgan fingerprint density at radius 1 is 1.00 bits per heavy atom. The van der Waals surface area contributed by atoms with E-state index in [1.807, 2.05) is 24.3 Å². The van der Waals surface area contributed by atoms with E-state index >= 15 is 0 Å². The molecule has 22 heavy (non-hydrogen) atoms. The molecule has 0 spiro atoms. The zero-order valence-electron chi connectivity index (χ0n) is 13.0.